The number of aromatic nitrogens is 1. The maximum atomic E-state index is 11.6. The molecule has 10 heteroatoms. The van der Waals surface area contributed by atoms with Crippen LogP contribution in [0.1, 0.15) is 23.7 Å². The number of carbonyl (C=O) groups is 2. The number of benzene rings is 1. The number of thioether (sulfide) groups is 1. The molecule has 29 heavy (non-hydrogen) atoms. The highest BCUT2D eigenvalue weighted by molar-refractivity contribution is 8.15. The minimum absolute atomic E-state index is 0.211. The van der Waals surface area contributed by atoms with E-state index in [1.807, 2.05) is 36.5 Å². The van der Waals surface area contributed by atoms with E-state index in [0.29, 0.717) is 13.0 Å². The average molecular weight is 419 g/mol. The van der Waals surface area contributed by atoms with Gasteiger partial charge in [-0.05, 0) is 42.2 Å². The van der Waals surface area contributed by atoms with Crippen LogP contribution in [0.4, 0.5) is 4.79 Å². The smallest absolute Gasteiger partial charge is 0.291 e. The Balaban J connectivity index is 0.000000687. The number of nitrogens with zero attached hydrogens (tertiary/aromatic N) is 2. The molecule has 0 aliphatic carbocycles. The molecule has 0 radical (unpaired) electrons. The zero-order valence-electron chi connectivity index (χ0n) is 15.7. The summed E-state index contributed by atoms with van der Waals surface area (Å²) in [5.41, 5.74) is 3.25. The first-order chi connectivity index (χ1) is 13.9. The predicted octanol–water partition coefficient (Wildman–Crippen LogP) is 2.81. The number of imide groups is 1. The Bertz CT molecular complexity index is 838. The Kier molecular flexibility index (Phi) is 8.41. The van der Waals surface area contributed by atoms with E-state index in [9.17, 15) is 9.59 Å². The maximum absolute atomic E-state index is 11.6. The van der Waals surface area contributed by atoms with Gasteiger partial charge in [0.1, 0.15) is 5.75 Å². The minimum Gasteiger partial charge on any atom is -0.493 e. The fourth-order valence-corrected chi connectivity index (χ4v) is 3.41. The molecule has 1 fully saturated rings. The number of aryl methyl sites for hydroxylation is 1. The summed E-state index contributed by atoms with van der Waals surface area (Å²) in [6.45, 7) is 2.67. The Labute approximate surface area is 171 Å². The van der Waals surface area contributed by atoms with Crippen LogP contribution in [0.25, 0.3) is 0 Å². The lowest BCUT2D eigenvalue weighted by molar-refractivity contribution is -0.742. The van der Waals surface area contributed by atoms with Crippen LogP contribution in [0.15, 0.2) is 42.6 Å². The Morgan fingerprint density at radius 2 is 1.86 bits per heavy atom. The minimum atomic E-state index is -1.50. The molecule has 2 amide bonds. The second kappa shape index (κ2) is 11.0. The van der Waals surface area contributed by atoms with E-state index in [-0.39, 0.29) is 16.4 Å². The quantitative estimate of drug-likeness (QED) is 0.517. The van der Waals surface area contributed by atoms with E-state index in [1.165, 1.54) is 5.56 Å². The summed E-state index contributed by atoms with van der Waals surface area (Å²) in [6, 6.07) is 11.8. The van der Waals surface area contributed by atoms with Gasteiger partial charge in [-0.2, -0.15) is 0 Å². The fourth-order valence-electron chi connectivity index (χ4n) is 2.55. The standard InChI is InChI=1S/C19H20N2O3S.HNO3/c1-2-13-3-6-15(20-12-13)9-10-24-16-7-4-14(5-8-16)11-17-18(22)21-19(23)25-17;2-1(3)4/h3-8,12,17H,2,9-11H2,1H3,(H,21,22,23);(H,2,3,4). The van der Waals surface area contributed by atoms with Crippen molar-refractivity contribution in [3.63, 3.8) is 0 Å². The highest BCUT2D eigenvalue weighted by Gasteiger charge is 2.31. The van der Waals surface area contributed by atoms with E-state index in [2.05, 4.69) is 23.3 Å². The Morgan fingerprint density at radius 1 is 1.21 bits per heavy atom. The van der Waals surface area contributed by atoms with E-state index in [1.54, 1.807) is 0 Å². The summed E-state index contributed by atoms with van der Waals surface area (Å²) in [5, 5.41) is 15.3. The molecule has 1 aromatic heterocycles. The number of ether oxygens (including phenoxy) is 1. The molecule has 2 aromatic rings. The molecule has 9 nitrogen and oxygen atoms in total. The average Bonchev–Trinajstić information content (AvgIpc) is 3.00. The van der Waals surface area contributed by atoms with Gasteiger partial charge >= 0.3 is 0 Å². The van der Waals surface area contributed by atoms with Crippen LogP contribution < -0.4 is 10.1 Å². The molecule has 1 aliphatic heterocycles. The van der Waals surface area contributed by atoms with Crippen molar-refractivity contribution in [2.24, 2.45) is 0 Å². The summed E-state index contributed by atoms with van der Waals surface area (Å²) >= 11 is 1.05. The van der Waals surface area contributed by atoms with Crippen LogP contribution in [0.3, 0.4) is 0 Å². The van der Waals surface area contributed by atoms with Gasteiger partial charge in [0.05, 0.1) is 11.9 Å². The number of hydrogen-bond donors (Lipinski definition) is 2. The number of hydrogen-bond acceptors (Lipinski definition) is 7. The van der Waals surface area contributed by atoms with Crippen molar-refractivity contribution in [3.8, 4) is 5.75 Å². The van der Waals surface area contributed by atoms with Gasteiger partial charge in [0.15, 0.2) is 0 Å². The summed E-state index contributed by atoms with van der Waals surface area (Å²) in [5.74, 6) is 0.574. The molecule has 1 aliphatic rings. The van der Waals surface area contributed by atoms with Gasteiger partial charge in [-0.25, -0.2) is 0 Å². The molecule has 0 bridgehead atoms. The lowest BCUT2D eigenvalue weighted by Crippen LogP contribution is -2.25. The number of pyridine rings is 1. The van der Waals surface area contributed by atoms with Crippen LogP contribution in [0, 0.1) is 10.1 Å². The van der Waals surface area contributed by atoms with Gasteiger partial charge in [0.2, 0.25) is 5.91 Å². The lowest BCUT2D eigenvalue weighted by atomic mass is 10.1. The number of amides is 2. The monoisotopic (exact) mass is 419 g/mol. The zero-order chi connectivity index (χ0) is 21.2. The summed E-state index contributed by atoms with van der Waals surface area (Å²) in [4.78, 5) is 35.6. The normalized spacial score (nSPS) is 15.3. The van der Waals surface area contributed by atoms with Crippen LogP contribution in [-0.4, -0.2) is 38.3 Å². The van der Waals surface area contributed by atoms with Crippen LogP contribution in [0.2, 0.25) is 0 Å². The van der Waals surface area contributed by atoms with E-state index >= 15 is 0 Å². The highest BCUT2D eigenvalue weighted by Crippen LogP contribution is 2.23. The largest absolute Gasteiger partial charge is 0.493 e. The van der Waals surface area contributed by atoms with Crippen LogP contribution >= 0.6 is 11.8 Å². The third-order valence-corrected chi connectivity index (χ3v) is 5.01. The maximum Gasteiger partial charge on any atom is 0.291 e. The third-order valence-electron chi connectivity index (χ3n) is 4.03. The van der Waals surface area contributed by atoms with E-state index in [0.717, 1.165) is 41.6 Å². The Morgan fingerprint density at radius 3 is 2.38 bits per heavy atom. The highest BCUT2D eigenvalue weighted by atomic mass is 32.2. The first-order valence-electron chi connectivity index (χ1n) is 8.87. The van der Waals surface area contributed by atoms with Crippen molar-refractivity contribution in [1.29, 1.82) is 0 Å². The van der Waals surface area contributed by atoms with Crippen molar-refractivity contribution in [2.75, 3.05) is 6.61 Å². The van der Waals surface area contributed by atoms with Gasteiger partial charge < -0.3 is 9.94 Å². The topological polar surface area (TPSA) is 132 Å². The molecule has 3 rings (SSSR count). The third kappa shape index (κ3) is 7.78. The fraction of sp³-hybridized carbons (Fsp3) is 0.316. The second-order valence-corrected chi connectivity index (χ2v) is 7.25. The van der Waals surface area contributed by atoms with Crippen molar-refractivity contribution >= 4 is 22.9 Å². The van der Waals surface area contributed by atoms with Crippen molar-refractivity contribution < 1.29 is 24.6 Å². The lowest BCUT2D eigenvalue weighted by Gasteiger charge is -2.09. The van der Waals surface area contributed by atoms with Gasteiger partial charge in [-0.15, -0.1) is 10.1 Å². The molecule has 0 spiro atoms. The Hall–Kier alpha value is -3.14. The zero-order valence-corrected chi connectivity index (χ0v) is 16.6. The molecule has 1 saturated heterocycles. The van der Waals surface area contributed by atoms with Gasteiger partial charge in [0.25, 0.3) is 10.3 Å². The van der Waals surface area contributed by atoms with Gasteiger partial charge in [-0.3, -0.25) is 19.9 Å². The van der Waals surface area contributed by atoms with Gasteiger partial charge in [0, 0.05) is 18.3 Å². The van der Waals surface area contributed by atoms with Crippen molar-refractivity contribution in [3.05, 3.63) is 69.5 Å². The van der Waals surface area contributed by atoms with Crippen molar-refractivity contribution in [2.45, 2.75) is 31.4 Å². The molecule has 2 heterocycles. The second-order valence-electron chi connectivity index (χ2n) is 6.08. The molecule has 1 aromatic carbocycles. The number of rotatable bonds is 7. The summed E-state index contributed by atoms with van der Waals surface area (Å²) in [7, 11) is 0. The summed E-state index contributed by atoms with van der Waals surface area (Å²) in [6.07, 6.45) is 4.19. The summed E-state index contributed by atoms with van der Waals surface area (Å²) < 4.78 is 5.75. The van der Waals surface area contributed by atoms with Crippen LogP contribution in [0.5, 0.6) is 5.75 Å². The van der Waals surface area contributed by atoms with Crippen LogP contribution in [-0.2, 0) is 24.1 Å². The number of nitrogens with one attached hydrogen (secondary N) is 1. The molecular formula is C19H21N3O6S. The first-order valence-corrected chi connectivity index (χ1v) is 9.75. The van der Waals surface area contributed by atoms with Gasteiger partial charge in [-0.1, -0.05) is 36.9 Å². The van der Waals surface area contributed by atoms with E-state index in [4.69, 9.17) is 20.1 Å². The first kappa shape index (κ1) is 22.2. The SMILES string of the molecule is CCc1ccc(CCOc2ccc(CC3SC(=O)NC3=O)cc2)nc1.O=[N+]([O-])O. The predicted molar refractivity (Wildman–Crippen MR) is 107 cm³/mol. The number of carbonyl (C=O) groups excluding carboxylic acids is 2. The molecule has 0 saturated carbocycles. The molecule has 1 unspecified atom stereocenters. The van der Waals surface area contributed by atoms with Crippen molar-refractivity contribution in [1.82, 2.24) is 10.3 Å². The molecule has 154 valence electrons. The molecule has 1 atom stereocenters. The molecule has 2 N–H and O–H groups in total. The van der Waals surface area contributed by atoms with E-state index < -0.39 is 5.09 Å². The molecular weight excluding hydrogens is 398 g/mol.